The Kier molecular flexibility index (Phi) is 8.72. The lowest BCUT2D eigenvalue weighted by molar-refractivity contribution is -0.163. The molecule has 4 heteroatoms. The number of allylic oxidation sites excluding steroid dienone is 2. The van der Waals surface area contributed by atoms with Crippen LogP contribution < -0.4 is 0 Å². The molecule has 0 aliphatic heterocycles. The van der Waals surface area contributed by atoms with Gasteiger partial charge in [0, 0.05) is 5.92 Å². The summed E-state index contributed by atoms with van der Waals surface area (Å²) in [4.78, 5) is 11.7. The summed E-state index contributed by atoms with van der Waals surface area (Å²) < 4.78 is 16.4. The summed E-state index contributed by atoms with van der Waals surface area (Å²) in [7, 11) is 1.41. The van der Waals surface area contributed by atoms with Crippen molar-refractivity contribution in [2.45, 2.75) is 52.7 Å². The topological polar surface area (TPSA) is 44.8 Å². The Bertz CT molecular complexity index is 516. The van der Waals surface area contributed by atoms with Crippen LogP contribution in [0.15, 0.2) is 42.0 Å². The fourth-order valence-corrected chi connectivity index (χ4v) is 2.32. The first-order valence-electron chi connectivity index (χ1n) is 8.31. The summed E-state index contributed by atoms with van der Waals surface area (Å²) in [5.74, 6) is -0.191. The van der Waals surface area contributed by atoms with Crippen molar-refractivity contribution in [2.24, 2.45) is 5.92 Å². The standard InChI is InChI=1S/C20H30O4/c1-16(2)11-12-18(13-19(21)22-5)20(3,4)24-15-23-14-17-9-7-6-8-10-17/h6-11,18H,12-15H2,1-5H3. The molecule has 0 radical (unpaired) electrons. The van der Waals surface area contributed by atoms with E-state index in [1.807, 2.05) is 58.0 Å². The number of methoxy groups -OCH3 is 1. The number of hydrogen-bond acceptors (Lipinski definition) is 4. The Balaban J connectivity index is 2.55. The molecule has 0 amide bonds. The van der Waals surface area contributed by atoms with Crippen LogP contribution in [-0.2, 0) is 25.6 Å². The number of carbonyl (C=O) groups is 1. The number of carbonyl (C=O) groups excluding carboxylic acids is 1. The second-order valence-corrected chi connectivity index (χ2v) is 6.69. The van der Waals surface area contributed by atoms with Crippen LogP contribution in [0.1, 0.15) is 46.1 Å². The predicted octanol–water partition coefficient (Wildman–Crippen LogP) is 4.49. The minimum Gasteiger partial charge on any atom is -0.469 e. The van der Waals surface area contributed by atoms with Crippen molar-refractivity contribution in [2.75, 3.05) is 13.9 Å². The molecule has 0 saturated carbocycles. The average Bonchev–Trinajstić information content (AvgIpc) is 2.55. The van der Waals surface area contributed by atoms with Crippen LogP contribution in [0.5, 0.6) is 0 Å². The van der Waals surface area contributed by atoms with E-state index in [2.05, 4.69) is 6.08 Å². The van der Waals surface area contributed by atoms with Crippen LogP contribution in [0.2, 0.25) is 0 Å². The van der Waals surface area contributed by atoms with Gasteiger partial charge in [-0.25, -0.2) is 0 Å². The molecule has 0 spiro atoms. The van der Waals surface area contributed by atoms with Crippen LogP contribution in [0.25, 0.3) is 0 Å². The highest BCUT2D eigenvalue weighted by Crippen LogP contribution is 2.29. The quantitative estimate of drug-likeness (QED) is 0.274. The van der Waals surface area contributed by atoms with Crippen molar-refractivity contribution in [1.29, 1.82) is 0 Å². The van der Waals surface area contributed by atoms with Crippen LogP contribution >= 0.6 is 0 Å². The smallest absolute Gasteiger partial charge is 0.305 e. The predicted molar refractivity (Wildman–Crippen MR) is 95.4 cm³/mol. The summed E-state index contributed by atoms with van der Waals surface area (Å²) in [6, 6.07) is 9.97. The van der Waals surface area contributed by atoms with Gasteiger partial charge in [-0.15, -0.1) is 0 Å². The van der Waals surface area contributed by atoms with Gasteiger partial charge in [0.25, 0.3) is 0 Å². The van der Waals surface area contributed by atoms with Gasteiger partial charge in [-0.1, -0.05) is 42.0 Å². The molecule has 1 aromatic rings. The van der Waals surface area contributed by atoms with E-state index >= 15 is 0 Å². The van der Waals surface area contributed by atoms with Crippen molar-refractivity contribution in [3.63, 3.8) is 0 Å². The normalized spacial score (nSPS) is 12.5. The Labute approximate surface area is 145 Å². The molecule has 0 aromatic heterocycles. The van der Waals surface area contributed by atoms with Crippen LogP contribution in [0.4, 0.5) is 0 Å². The molecular weight excluding hydrogens is 304 g/mol. The Morgan fingerprint density at radius 1 is 1.21 bits per heavy atom. The molecule has 24 heavy (non-hydrogen) atoms. The van der Waals surface area contributed by atoms with E-state index in [9.17, 15) is 4.79 Å². The van der Waals surface area contributed by atoms with Crippen LogP contribution in [-0.4, -0.2) is 25.5 Å². The van der Waals surface area contributed by atoms with Crippen LogP contribution in [0, 0.1) is 5.92 Å². The van der Waals surface area contributed by atoms with Gasteiger partial charge in [0.15, 0.2) is 0 Å². The molecular formula is C20H30O4. The summed E-state index contributed by atoms with van der Waals surface area (Å²) in [6.07, 6.45) is 3.22. The third kappa shape index (κ3) is 7.75. The van der Waals surface area contributed by atoms with Gasteiger partial charge in [0.05, 0.1) is 25.7 Å². The highest BCUT2D eigenvalue weighted by Gasteiger charge is 2.32. The van der Waals surface area contributed by atoms with Crippen LogP contribution in [0.3, 0.4) is 0 Å². The van der Waals surface area contributed by atoms with Gasteiger partial charge < -0.3 is 14.2 Å². The van der Waals surface area contributed by atoms with Gasteiger partial charge in [-0.3, -0.25) is 4.79 Å². The highest BCUT2D eigenvalue weighted by molar-refractivity contribution is 5.69. The van der Waals surface area contributed by atoms with Gasteiger partial charge >= 0.3 is 5.97 Å². The molecule has 1 rings (SSSR count). The fraction of sp³-hybridized carbons (Fsp3) is 0.550. The molecule has 1 atom stereocenters. The fourth-order valence-electron chi connectivity index (χ4n) is 2.32. The molecule has 0 saturated heterocycles. The molecule has 4 nitrogen and oxygen atoms in total. The lowest BCUT2D eigenvalue weighted by Crippen LogP contribution is -2.36. The third-order valence-corrected chi connectivity index (χ3v) is 4.06. The first-order chi connectivity index (χ1) is 11.3. The lowest BCUT2D eigenvalue weighted by Gasteiger charge is -2.33. The second-order valence-electron chi connectivity index (χ2n) is 6.69. The van der Waals surface area contributed by atoms with Crippen molar-refractivity contribution < 1.29 is 19.0 Å². The summed E-state index contributed by atoms with van der Waals surface area (Å²) in [5.41, 5.74) is 1.84. The number of hydrogen-bond donors (Lipinski definition) is 0. The minimum atomic E-state index is -0.489. The van der Waals surface area contributed by atoms with Gasteiger partial charge in [-0.2, -0.15) is 0 Å². The zero-order valence-corrected chi connectivity index (χ0v) is 15.5. The first kappa shape index (κ1) is 20.4. The molecule has 0 N–H and O–H groups in total. The van der Waals surface area contributed by atoms with E-state index < -0.39 is 5.60 Å². The van der Waals surface area contributed by atoms with E-state index in [0.717, 1.165) is 12.0 Å². The lowest BCUT2D eigenvalue weighted by atomic mass is 9.84. The third-order valence-electron chi connectivity index (χ3n) is 4.06. The number of benzene rings is 1. The van der Waals surface area contributed by atoms with E-state index in [4.69, 9.17) is 14.2 Å². The monoisotopic (exact) mass is 334 g/mol. The summed E-state index contributed by atoms with van der Waals surface area (Å²) >= 11 is 0. The number of ether oxygens (including phenoxy) is 3. The Morgan fingerprint density at radius 3 is 2.46 bits per heavy atom. The minimum absolute atomic E-state index is 0.0279. The molecule has 1 aromatic carbocycles. The van der Waals surface area contributed by atoms with Crippen molar-refractivity contribution in [3.05, 3.63) is 47.5 Å². The maximum absolute atomic E-state index is 11.7. The number of esters is 1. The Hall–Kier alpha value is -1.65. The maximum Gasteiger partial charge on any atom is 0.305 e. The molecule has 1 unspecified atom stereocenters. The van der Waals surface area contributed by atoms with E-state index in [0.29, 0.717) is 13.0 Å². The largest absolute Gasteiger partial charge is 0.469 e. The van der Waals surface area contributed by atoms with E-state index in [-0.39, 0.29) is 18.7 Å². The van der Waals surface area contributed by atoms with Crippen molar-refractivity contribution in [1.82, 2.24) is 0 Å². The first-order valence-corrected chi connectivity index (χ1v) is 8.31. The van der Waals surface area contributed by atoms with Gasteiger partial charge in [-0.05, 0) is 39.7 Å². The molecule has 0 fully saturated rings. The molecule has 134 valence electrons. The maximum atomic E-state index is 11.7. The van der Waals surface area contributed by atoms with Gasteiger partial charge in [0.1, 0.15) is 6.79 Å². The molecule has 0 heterocycles. The molecule has 0 bridgehead atoms. The molecule has 0 aliphatic carbocycles. The number of rotatable bonds is 10. The summed E-state index contributed by atoms with van der Waals surface area (Å²) in [5, 5.41) is 0. The van der Waals surface area contributed by atoms with E-state index in [1.165, 1.54) is 12.7 Å². The van der Waals surface area contributed by atoms with Crippen molar-refractivity contribution >= 4 is 5.97 Å². The average molecular weight is 334 g/mol. The Morgan fingerprint density at radius 2 is 1.88 bits per heavy atom. The zero-order chi connectivity index (χ0) is 18.0. The van der Waals surface area contributed by atoms with E-state index in [1.54, 1.807) is 0 Å². The summed E-state index contributed by atoms with van der Waals surface area (Å²) in [6.45, 7) is 8.77. The second kappa shape index (κ2) is 10.3. The van der Waals surface area contributed by atoms with Gasteiger partial charge in [0.2, 0.25) is 0 Å². The molecule has 0 aliphatic rings. The SMILES string of the molecule is COC(=O)CC(CC=C(C)C)C(C)(C)OCOCc1ccccc1. The zero-order valence-electron chi connectivity index (χ0n) is 15.5. The highest BCUT2D eigenvalue weighted by atomic mass is 16.7. The van der Waals surface area contributed by atoms with Crippen molar-refractivity contribution in [3.8, 4) is 0 Å².